The second kappa shape index (κ2) is 5.30. The van der Waals surface area contributed by atoms with Gasteiger partial charge in [0.05, 0.1) is 12.2 Å². The van der Waals surface area contributed by atoms with E-state index >= 15 is 0 Å². The zero-order valence-corrected chi connectivity index (χ0v) is 12.2. The maximum absolute atomic E-state index is 12.1. The minimum atomic E-state index is -0.368. The lowest BCUT2D eigenvalue weighted by molar-refractivity contribution is -0.117. The van der Waals surface area contributed by atoms with Crippen LogP contribution in [0.2, 0.25) is 0 Å². The van der Waals surface area contributed by atoms with E-state index in [1.54, 1.807) is 11.8 Å². The van der Waals surface area contributed by atoms with Crippen molar-refractivity contribution in [2.75, 3.05) is 18.1 Å². The van der Waals surface area contributed by atoms with E-state index in [0.29, 0.717) is 30.1 Å². The summed E-state index contributed by atoms with van der Waals surface area (Å²) < 4.78 is 5.08. The molecule has 0 aromatic carbocycles. The number of thiophene rings is 1. The highest BCUT2D eigenvalue weighted by Gasteiger charge is 2.33. The minimum absolute atomic E-state index is 0.0284. The zero-order valence-electron chi connectivity index (χ0n) is 11.4. The van der Waals surface area contributed by atoms with Gasteiger partial charge in [-0.1, -0.05) is 0 Å². The molecule has 1 unspecified atom stereocenters. The summed E-state index contributed by atoms with van der Waals surface area (Å²) in [5.41, 5.74) is 7.20. The average molecular weight is 282 g/mol. The molecule has 1 atom stereocenters. The van der Waals surface area contributed by atoms with Gasteiger partial charge < -0.3 is 15.4 Å². The number of carbonyl (C=O) groups excluding carboxylic acids is 2. The number of nitrogens with two attached hydrogens (primary N) is 1. The number of esters is 1. The second-order valence-corrected chi connectivity index (χ2v) is 5.86. The third-order valence-corrected chi connectivity index (χ3v) is 4.48. The Morgan fingerprint density at radius 1 is 1.53 bits per heavy atom. The summed E-state index contributed by atoms with van der Waals surface area (Å²) in [7, 11) is 0. The van der Waals surface area contributed by atoms with Gasteiger partial charge in [-0.25, -0.2) is 4.79 Å². The number of aryl methyl sites for hydroxylation is 1. The first-order chi connectivity index (χ1) is 8.95. The van der Waals surface area contributed by atoms with Crippen LogP contribution in [0.5, 0.6) is 0 Å². The van der Waals surface area contributed by atoms with Crippen molar-refractivity contribution < 1.29 is 14.3 Å². The highest BCUT2D eigenvalue weighted by molar-refractivity contribution is 7.16. The van der Waals surface area contributed by atoms with E-state index < -0.39 is 0 Å². The Kier molecular flexibility index (Phi) is 3.91. The molecule has 6 heteroatoms. The molecule has 2 N–H and O–H groups in total. The van der Waals surface area contributed by atoms with Crippen molar-refractivity contribution in [3.05, 3.63) is 16.0 Å². The first-order valence-corrected chi connectivity index (χ1v) is 7.10. The molecule has 0 aliphatic carbocycles. The smallest absolute Gasteiger partial charge is 0.341 e. The summed E-state index contributed by atoms with van der Waals surface area (Å²) in [6.45, 7) is 6.36. The predicted molar refractivity (Wildman–Crippen MR) is 74.7 cm³/mol. The van der Waals surface area contributed by atoms with Crippen molar-refractivity contribution in [3.63, 3.8) is 0 Å². The lowest BCUT2D eigenvalue weighted by Gasteiger charge is -2.16. The fourth-order valence-corrected chi connectivity index (χ4v) is 3.34. The number of hydrogen-bond donors (Lipinski definition) is 1. The molecule has 19 heavy (non-hydrogen) atoms. The van der Waals surface area contributed by atoms with Crippen LogP contribution in [0.4, 0.5) is 5.00 Å². The fraction of sp³-hybridized carbons (Fsp3) is 0.538. The molecule has 2 rings (SSSR count). The van der Waals surface area contributed by atoms with E-state index in [1.165, 1.54) is 11.3 Å². The monoisotopic (exact) mass is 282 g/mol. The van der Waals surface area contributed by atoms with Gasteiger partial charge in [-0.15, -0.1) is 11.3 Å². The van der Waals surface area contributed by atoms with Gasteiger partial charge >= 0.3 is 5.97 Å². The number of nitrogens with zero attached hydrogens (tertiary/aromatic N) is 1. The number of anilines is 1. The summed E-state index contributed by atoms with van der Waals surface area (Å²) in [5.74, 6) is -0.396. The molecule has 5 nitrogen and oxygen atoms in total. The summed E-state index contributed by atoms with van der Waals surface area (Å²) >= 11 is 1.45. The molecule has 1 aromatic heterocycles. The first kappa shape index (κ1) is 14.0. The fourth-order valence-electron chi connectivity index (χ4n) is 2.17. The SMILES string of the molecule is CCOC(=O)c1c(N2CC(N)CC2=O)sc(C)c1C. The third kappa shape index (κ3) is 2.50. The van der Waals surface area contributed by atoms with Crippen LogP contribution >= 0.6 is 11.3 Å². The quantitative estimate of drug-likeness (QED) is 0.855. The number of rotatable bonds is 3. The summed E-state index contributed by atoms with van der Waals surface area (Å²) in [6, 6.07) is -0.162. The maximum atomic E-state index is 12.1. The van der Waals surface area contributed by atoms with E-state index in [0.717, 1.165) is 10.4 Å². The summed E-state index contributed by atoms with van der Waals surface area (Å²) in [6.07, 6.45) is 0.332. The molecule has 1 fully saturated rings. The molecular weight excluding hydrogens is 264 g/mol. The van der Waals surface area contributed by atoms with Crippen LogP contribution in [0.3, 0.4) is 0 Å². The third-order valence-electron chi connectivity index (χ3n) is 3.25. The standard InChI is InChI=1S/C13H18N2O3S/c1-4-18-13(17)11-7(2)8(3)19-12(11)15-6-9(14)5-10(15)16/h9H,4-6,14H2,1-3H3. The lowest BCUT2D eigenvalue weighted by Crippen LogP contribution is -2.28. The summed E-state index contributed by atoms with van der Waals surface area (Å²) in [5, 5.41) is 0.673. The molecule has 2 heterocycles. The Hall–Kier alpha value is -1.40. The van der Waals surface area contributed by atoms with Crippen molar-refractivity contribution in [1.29, 1.82) is 0 Å². The van der Waals surface area contributed by atoms with Crippen LogP contribution in [0.25, 0.3) is 0 Å². The molecule has 1 aliphatic rings. The molecule has 1 aliphatic heterocycles. The molecule has 0 spiro atoms. The van der Waals surface area contributed by atoms with Gasteiger partial charge in [0, 0.05) is 23.9 Å². The molecule has 0 saturated carbocycles. The molecule has 0 radical (unpaired) electrons. The highest BCUT2D eigenvalue weighted by atomic mass is 32.1. The number of carbonyl (C=O) groups is 2. The van der Waals surface area contributed by atoms with Gasteiger partial charge in [-0.3, -0.25) is 4.79 Å². The number of ether oxygens (including phenoxy) is 1. The topological polar surface area (TPSA) is 72.6 Å². The molecular formula is C13H18N2O3S. The number of amides is 1. The summed E-state index contributed by atoms with van der Waals surface area (Å²) in [4.78, 5) is 26.6. The van der Waals surface area contributed by atoms with Crippen LogP contribution in [-0.2, 0) is 9.53 Å². The van der Waals surface area contributed by atoms with Crippen molar-refractivity contribution >= 4 is 28.2 Å². The van der Waals surface area contributed by atoms with Crippen molar-refractivity contribution in [1.82, 2.24) is 0 Å². The highest BCUT2D eigenvalue weighted by Crippen LogP contribution is 2.37. The van der Waals surface area contributed by atoms with Crippen LogP contribution in [0.15, 0.2) is 0 Å². The molecule has 1 aromatic rings. The van der Waals surface area contributed by atoms with E-state index in [4.69, 9.17) is 10.5 Å². The van der Waals surface area contributed by atoms with E-state index in [9.17, 15) is 9.59 Å². The van der Waals surface area contributed by atoms with E-state index in [-0.39, 0.29) is 17.9 Å². The van der Waals surface area contributed by atoms with E-state index in [1.807, 2.05) is 13.8 Å². The van der Waals surface area contributed by atoms with Gasteiger partial charge in [0.2, 0.25) is 5.91 Å². The average Bonchev–Trinajstić information content (AvgIpc) is 2.80. The normalized spacial score (nSPS) is 19.1. The molecule has 0 bridgehead atoms. The van der Waals surface area contributed by atoms with Crippen LogP contribution < -0.4 is 10.6 Å². The van der Waals surface area contributed by atoms with Gasteiger partial charge in [0.15, 0.2) is 0 Å². The molecule has 1 amide bonds. The predicted octanol–water partition coefficient (Wildman–Crippen LogP) is 1.61. The van der Waals surface area contributed by atoms with Gasteiger partial charge in [0.25, 0.3) is 0 Å². The molecule has 1 saturated heterocycles. The largest absolute Gasteiger partial charge is 0.462 e. The van der Waals surface area contributed by atoms with Gasteiger partial charge in [0.1, 0.15) is 5.00 Å². The molecule has 104 valence electrons. The van der Waals surface area contributed by atoms with Crippen molar-refractivity contribution in [3.8, 4) is 0 Å². The Bertz CT molecular complexity index is 524. The van der Waals surface area contributed by atoms with Crippen LogP contribution in [0, 0.1) is 13.8 Å². The first-order valence-electron chi connectivity index (χ1n) is 6.28. The Labute approximate surface area is 116 Å². The Morgan fingerprint density at radius 3 is 2.74 bits per heavy atom. The second-order valence-electron chi connectivity index (χ2n) is 4.65. The Balaban J connectivity index is 2.43. The Morgan fingerprint density at radius 2 is 2.21 bits per heavy atom. The van der Waals surface area contributed by atoms with Crippen molar-refractivity contribution in [2.45, 2.75) is 33.2 Å². The van der Waals surface area contributed by atoms with Gasteiger partial charge in [-0.2, -0.15) is 0 Å². The van der Waals surface area contributed by atoms with E-state index in [2.05, 4.69) is 0 Å². The zero-order chi connectivity index (χ0) is 14.2. The van der Waals surface area contributed by atoms with Crippen molar-refractivity contribution in [2.24, 2.45) is 5.73 Å². The lowest BCUT2D eigenvalue weighted by atomic mass is 10.1. The van der Waals surface area contributed by atoms with Crippen LogP contribution in [0.1, 0.15) is 34.1 Å². The van der Waals surface area contributed by atoms with Crippen LogP contribution in [-0.4, -0.2) is 31.1 Å². The number of hydrogen-bond acceptors (Lipinski definition) is 5. The van der Waals surface area contributed by atoms with Gasteiger partial charge in [-0.05, 0) is 26.3 Å². The minimum Gasteiger partial charge on any atom is -0.462 e. The maximum Gasteiger partial charge on any atom is 0.341 e.